The minimum Gasteiger partial charge on any atom is -0.376 e. The third kappa shape index (κ3) is 2.28. The third-order valence-corrected chi connectivity index (χ3v) is 6.44. The number of anilines is 1. The van der Waals surface area contributed by atoms with Crippen LogP contribution in [0.15, 0.2) is 16.9 Å². The monoisotopic (exact) mass is 379 g/mol. The zero-order chi connectivity index (χ0) is 16.2. The van der Waals surface area contributed by atoms with E-state index in [9.17, 15) is 0 Å². The zero-order valence-corrected chi connectivity index (χ0v) is 15.1. The summed E-state index contributed by atoms with van der Waals surface area (Å²) >= 11 is 3.57. The van der Waals surface area contributed by atoms with Crippen molar-refractivity contribution in [2.45, 2.75) is 38.8 Å². The standard InChI is InChI=1S/C16H22BrN5O/c1-10-14(17)22-12(3-6-19-22)15(20-10)21-7-4-16(5-8-21)9-23-11(2)13(16)18/h3,6,11,13H,4-5,7-9,18H2,1-2H3/t11-,13+/m0/s1. The molecule has 23 heavy (non-hydrogen) atoms. The first-order valence-corrected chi connectivity index (χ1v) is 8.93. The van der Waals surface area contributed by atoms with Crippen molar-refractivity contribution in [3.8, 4) is 0 Å². The maximum absolute atomic E-state index is 6.41. The molecule has 4 rings (SSSR count). The number of hydrogen-bond acceptors (Lipinski definition) is 5. The van der Waals surface area contributed by atoms with Gasteiger partial charge in [0.15, 0.2) is 5.82 Å². The minimum absolute atomic E-state index is 0.136. The van der Waals surface area contributed by atoms with Gasteiger partial charge in [-0.2, -0.15) is 5.10 Å². The Kier molecular flexibility index (Phi) is 3.62. The summed E-state index contributed by atoms with van der Waals surface area (Å²) < 4.78 is 8.64. The van der Waals surface area contributed by atoms with Crippen LogP contribution in [0, 0.1) is 12.3 Å². The van der Waals surface area contributed by atoms with Gasteiger partial charge in [0.05, 0.1) is 24.6 Å². The lowest BCUT2D eigenvalue weighted by molar-refractivity contribution is 0.0974. The number of nitrogens with zero attached hydrogens (tertiary/aromatic N) is 4. The molecule has 2 atom stereocenters. The largest absolute Gasteiger partial charge is 0.376 e. The number of aromatic nitrogens is 3. The van der Waals surface area contributed by atoms with Crippen LogP contribution in [0.1, 0.15) is 25.5 Å². The number of hydrogen-bond donors (Lipinski definition) is 1. The number of nitrogens with two attached hydrogens (primary N) is 1. The summed E-state index contributed by atoms with van der Waals surface area (Å²) in [5.74, 6) is 1.01. The van der Waals surface area contributed by atoms with E-state index >= 15 is 0 Å². The predicted octanol–water partition coefficient (Wildman–Crippen LogP) is 2.13. The molecule has 0 bridgehead atoms. The highest BCUT2D eigenvalue weighted by atomic mass is 79.9. The van der Waals surface area contributed by atoms with Crippen LogP contribution < -0.4 is 10.6 Å². The summed E-state index contributed by atoms with van der Waals surface area (Å²) in [5.41, 5.74) is 8.54. The Morgan fingerprint density at radius 1 is 1.39 bits per heavy atom. The second-order valence-electron chi connectivity index (χ2n) is 6.83. The van der Waals surface area contributed by atoms with Gasteiger partial charge in [-0.25, -0.2) is 9.50 Å². The first kappa shape index (κ1) is 15.4. The summed E-state index contributed by atoms with van der Waals surface area (Å²) in [4.78, 5) is 7.16. The Balaban J connectivity index is 1.62. The van der Waals surface area contributed by atoms with Crippen LogP contribution in [-0.2, 0) is 4.74 Å². The van der Waals surface area contributed by atoms with Crippen molar-refractivity contribution in [2.75, 3.05) is 24.6 Å². The average molecular weight is 380 g/mol. The maximum Gasteiger partial charge on any atom is 0.155 e. The van der Waals surface area contributed by atoms with E-state index in [1.54, 1.807) is 0 Å². The molecule has 0 aromatic carbocycles. The van der Waals surface area contributed by atoms with Gasteiger partial charge in [-0.05, 0) is 48.7 Å². The van der Waals surface area contributed by atoms with Crippen molar-refractivity contribution in [2.24, 2.45) is 11.1 Å². The van der Waals surface area contributed by atoms with Crippen LogP contribution in [0.5, 0.6) is 0 Å². The molecule has 0 amide bonds. The van der Waals surface area contributed by atoms with Gasteiger partial charge in [0.1, 0.15) is 10.1 Å². The van der Waals surface area contributed by atoms with Gasteiger partial charge in [0, 0.05) is 24.5 Å². The highest BCUT2D eigenvalue weighted by Gasteiger charge is 2.47. The molecular formula is C16H22BrN5O. The van der Waals surface area contributed by atoms with E-state index in [4.69, 9.17) is 15.5 Å². The van der Waals surface area contributed by atoms with Crippen LogP contribution in [0.4, 0.5) is 5.82 Å². The summed E-state index contributed by atoms with van der Waals surface area (Å²) in [6.07, 6.45) is 4.08. The molecule has 2 saturated heterocycles. The summed E-state index contributed by atoms with van der Waals surface area (Å²) in [6, 6.07) is 2.16. The summed E-state index contributed by atoms with van der Waals surface area (Å²) in [6.45, 7) is 6.79. The predicted molar refractivity (Wildman–Crippen MR) is 92.7 cm³/mol. The minimum atomic E-state index is 0.136. The summed E-state index contributed by atoms with van der Waals surface area (Å²) in [5, 5.41) is 4.39. The highest BCUT2D eigenvalue weighted by molar-refractivity contribution is 9.10. The molecule has 6 nitrogen and oxygen atoms in total. The molecular weight excluding hydrogens is 358 g/mol. The quantitative estimate of drug-likeness (QED) is 0.821. The van der Waals surface area contributed by atoms with Crippen molar-refractivity contribution in [1.82, 2.24) is 14.6 Å². The first-order chi connectivity index (χ1) is 11.0. The van der Waals surface area contributed by atoms with Crippen LogP contribution in [0.25, 0.3) is 5.52 Å². The molecule has 2 aliphatic heterocycles. The molecule has 0 aliphatic carbocycles. The van der Waals surface area contributed by atoms with E-state index in [2.05, 4.69) is 32.9 Å². The Bertz CT molecular complexity index is 737. The van der Waals surface area contributed by atoms with E-state index in [-0.39, 0.29) is 17.6 Å². The van der Waals surface area contributed by atoms with E-state index in [0.29, 0.717) is 0 Å². The molecule has 2 aliphatic rings. The SMILES string of the molecule is Cc1nc(N2CCC3(CC2)CO[C@@H](C)[C@H]3N)c2ccnn2c1Br. The van der Waals surface area contributed by atoms with Crippen LogP contribution >= 0.6 is 15.9 Å². The molecule has 2 fully saturated rings. The molecule has 4 heterocycles. The average Bonchev–Trinajstić information content (AvgIpc) is 3.14. The third-order valence-electron chi connectivity index (χ3n) is 5.54. The lowest BCUT2D eigenvalue weighted by Crippen LogP contribution is -2.50. The van der Waals surface area contributed by atoms with E-state index in [1.807, 2.05) is 23.7 Å². The van der Waals surface area contributed by atoms with Crippen LogP contribution in [0.3, 0.4) is 0 Å². The van der Waals surface area contributed by atoms with Gasteiger partial charge in [-0.3, -0.25) is 0 Å². The number of halogens is 1. The summed E-state index contributed by atoms with van der Waals surface area (Å²) in [7, 11) is 0. The maximum atomic E-state index is 6.41. The second-order valence-corrected chi connectivity index (χ2v) is 7.58. The molecule has 2 aromatic rings. The number of piperidine rings is 1. The van der Waals surface area contributed by atoms with Gasteiger partial charge >= 0.3 is 0 Å². The van der Waals surface area contributed by atoms with E-state index in [1.165, 1.54) is 0 Å². The van der Waals surface area contributed by atoms with Crippen molar-refractivity contribution >= 4 is 27.3 Å². The molecule has 1 spiro atoms. The van der Waals surface area contributed by atoms with Gasteiger partial charge < -0.3 is 15.4 Å². The van der Waals surface area contributed by atoms with Crippen molar-refractivity contribution in [3.63, 3.8) is 0 Å². The molecule has 0 unspecified atom stereocenters. The highest BCUT2D eigenvalue weighted by Crippen LogP contribution is 2.42. The fourth-order valence-corrected chi connectivity index (χ4v) is 4.29. The fraction of sp³-hybridized carbons (Fsp3) is 0.625. The fourth-order valence-electron chi connectivity index (χ4n) is 3.91. The topological polar surface area (TPSA) is 68.7 Å². The first-order valence-electron chi connectivity index (χ1n) is 8.14. The molecule has 124 valence electrons. The van der Waals surface area contributed by atoms with Crippen LogP contribution in [-0.4, -0.2) is 46.4 Å². The van der Waals surface area contributed by atoms with Crippen LogP contribution in [0.2, 0.25) is 0 Å². The Labute approximate surface area is 144 Å². The van der Waals surface area contributed by atoms with Gasteiger partial charge in [-0.15, -0.1) is 0 Å². The normalized spacial score (nSPS) is 27.2. The number of rotatable bonds is 1. The molecule has 0 radical (unpaired) electrons. The molecule has 7 heteroatoms. The van der Waals surface area contributed by atoms with Gasteiger partial charge in [-0.1, -0.05) is 0 Å². The van der Waals surface area contributed by atoms with Crippen molar-refractivity contribution in [1.29, 1.82) is 0 Å². The number of aryl methyl sites for hydroxylation is 1. The Morgan fingerprint density at radius 3 is 2.78 bits per heavy atom. The van der Waals surface area contributed by atoms with Gasteiger partial charge in [0.2, 0.25) is 0 Å². The molecule has 0 saturated carbocycles. The van der Waals surface area contributed by atoms with E-state index in [0.717, 1.165) is 54.2 Å². The van der Waals surface area contributed by atoms with Crippen molar-refractivity contribution < 1.29 is 4.74 Å². The molecule has 2 N–H and O–H groups in total. The lowest BCUT2D eigenvalue weighted by Gasteiger charge is -2.41. The Morgan fingerprint density at radius 2 is 2.13 bits per heavy atom. The van der Waals surface area contributed by atoms with Crippen molar-refractivity contribution in [3.05, 3.63) is 22.6 Å². The zero-order valence-electron chi connectivity index (χ0n) is 13.5. The van der Waals surface area contributed by atoms with E-state index < -0.39 is 0 Å². The number of ether oxygens (including phenoxy) is 1. The Hall–Kier alpha value is -1.18. The number of fused-ring (bicyclic) bond motifs is 1. The van der Waals surface area contributed by atoms with Gasteiger partial charge in [0.25, 0.3) is 0 Å². The second kappa shape index (κ2) is 5.43. The lowest BCUT2D eigenvalue weighted by atomic mass is 9.73. The smallest absolute Gasteiger partial charge is 0.155 e. The molecule has 2 aromatic heterocycles.